The van der Waals surface area contributed by atoms with Crippen molar-refractivity contribution in [1.29, 1.82) is 0 Å². The van der Waals surface area contributed by atoms with Crippen LogP contribution in [0, 0.1) is 6.92 Å². The van der Waals surface area contributed by atoms with Crippen LogP contribution in [-0.2, 0) is 0 Å². The van der Waals surface area contributed by atoms with E-state index < -0.39 is 18.6 Å². The van der Waals surface area contributed by atoms with Crippen LogP contribution in [0.25, 0.3) is 10.1 Å². The largest absolute Gasteiger partial charge is 0.406 e. The summed E-state index contributed by atoms with van der Waals surface area (Å²) in [7, 11) is 0. The highest BCUT2D eigenvalue weighted by atomic mass is 32.1. The maximum atomic E-state index is 12.5. The number of carbonyl (C=O) groups excluding carboxylic acids is 1. The predicted octanol–water partition coefficient (Wildman–Crippen LogP) is 3.82. The van der Waals surface area contributed by atoms with E-state index in [2.05, 4.69) is 0 Å². The number of anilines is 1. The van der Waals surface area contributed by atoms with E-state index in [4.69, 9.17) is 5.73 Å². The van der Waals surface area contributed by atoms with Gasteiger partial charge in [-0.05, 0) is 26.0 Å². The van der Waals surface area contributed by atoms with Crippen molar-refractivity contribution in [1.82, 2.24) is 4.90 Å². The minimum absolute atomic E-state index is 0.0228. The molecule has 0 bridgehead atoms. The summed E-state index contributed by atoms with van der Waals surface area (Å²) >= 11 is 1.13. The number of thiophene rings is 1. The van der Waals surface area contributed by atoms with E-state index in [0.29, 0.717) is 5.39 Å². The topological polar surface area (TPSA) is 46.3 Å². The average molecular weight is 316 g/mol. The number of benzene rings is 1. The van der Waals surface area contributed by atoms with Crippen molar-refractivity contribution in [3.63, 3.8) is 0 Å². The second-order valence-corrected chi connectivity index (χ2v) is 5.83. The number of nitrogens with two attached hydrogens (primary N) is 1. The summed E-state index contributed by atoms with van der Waals surface area (Å²) in [5.74, 6) is -0.675. The van der Waals surface area contributed by atoms with Crippen molar-refractivity contribution in [2.75, 3.05) is 18.8 Å². The number of aryl methyl sites for hydroxylation is 1. The zero-order chi connectivity index (χ0) is 15.8. The molecule has 0 atom stereocenters. The fourth-order valence-electron chi connectivity index (χ4n) is 2.08. The molecule has 0 fully saturated rings. The van der Waals surface area contributed by atoms with Crippen LogP contribution in [0.2, 0.25) is 0 Å². The molecule has 0 radical (unpaired) electrons. The molecule has 0 saturated heterocycles. The van der Waals surface area contributed by atoms with Gasteiger partial charge < -0.3 is 10.6 Å². The van der Waals surface area contributed by atoms with Crippen LogP contribution >= 0.6 is 11.3 Å². The molecule has 0 aliphatic carbocycles. The van der Waals surface area contributed by atoms with Gasteiger partial charge in [0.2, 0.25) is 0 Å². The second kappa shape index (κ2) is 5.55. The summed E-state index contributed by atoms with van der Waals surface area (Å²) in [6.45, 7) is 2.11. The van der Waals surface area contributed by atoms with Gasteiger partial charge in [-0.3, -0.25) is 4.79 Å². The first kappa shape index (κ1) is 15.6. The first-order chi connectivity index (χ1) is 9.73. The van der Waals surface area contributed by atoms with Gasteiger partial charge in [0.25, 0.3) is 5.91 Å². The molecule has 2 rings (SSSR count). The molecule has 1 aromatic heterocycles. The van der Waals surface area contributed by atoms with E-state index in [1.54, 1.807) is 0 Å². The Morgan fingerprint density at radius 2 is 2.05 bits per heavy atom. The third kappa shape index (κ3) is 3.29. The van der Waals surface area contributed by atoms with Crippen LogP contribution in [0.4, 0.5) is 18.9 Å². The molecular formula is C14H15F3N2OS. The van der Waals surface area contributed by atoms with Crippen LogP contribution in [0.5, 0.6) is 0 Å². The maximum absolute atomic E-state index is 12.5. The molecular weight excluding hydrogens is 301 g/mol. The van der Waals surface area contributed by atoms with Gasteiger partial charge in [-0.15, -0.1) is 11.3 Å². The van der Waals surface area contributed by atoms with E-state index in [9.17, 15) is 18.0 Å². The summed E-state index contributed by atoms with van der Waals surface area (Å²) in [6.07, 6.45) is -4.42. The minimum Gasteiger partial charge on any atom is -0.397 e. The predicted molar refractivity (Wildman–Crippen MR) is 78.6 cm³/mol. The van der Waals surface area contributed by atoms with Gasteiger partial charge >= 0.3 is 6.18 Å². The molecule has 7 heteroatoms. The molecule has 1 amide bonds. The van der Waals surface area contributed by atoms with Crippen LogP contribution < -0.4 is 5.73 Å². The van der Waals surface area contributed by atoms with Crippen molar-refractivity contribution >= 4 is 33.0 Å². The molecule has 0 aliphatic heterocycles. The van der Waals surface area contributed by atoms with Gasteiger partial charge in [-0.25, -0.2) is 0 Å². The standard InChI is InChI=1S/C14H15F3N2OS/c1-3-19(7-14(15,16)17)13(20)12-11(18)9-6-8(2)4-5-10(9)21-12/h4-6H,3,7,18H2,1-2H3. The molecule has 2 N–H and O–H groups in total. The van der Waals surface area contributed by atoms with Crippen molar-refractivity contribution in [2.24, 2.45) is 0 Å². The highest BCUT2D eigenvalue weighted by Gasteiger charge is 2.33. The highest BCUT2D eigenvalue weighted by Crippen LogP contribution is 2.35. The Kier molecular flexibility index (Phi) is 4.13. The third-order valence-electron chi connectivity index (χ3n) is 3.12. The van der Waals surface area contributed by atoms with E-state index in [-0.39, 0.29) is 17.1 Å². The molecule has 0 aliphatic rings. The average Bonchev–Trinajstić information content (AvgIpc) is 2.71. The van der Waals surface area contributed by atoms with Gasteiger partial charge in [0.05, 0.1) is 5.69 Å². The lowest BCUT2D eigenvalue weighted by Crippen LogP contribution is -2.38. The fraction of sp³-hybridized carbons (Fsp3) is 0.357. The van der Waals surface area contributed by atoms with Gasteiger partial charge in [0, 0.05) is 16.6 Å². The van der Waals surface area contributed by atoms with Crippen molar-refractivity contribution in [2.45, 2.75) is 20.0 Å². The molecule has 2 aromatic rings. The van der Waals surface area contributed by atoms with E-state index >= 15 is 0 Å². The van der Waals surface area contributed by atoms with Crippen LogP contribution in [0.1, 0.15) is 22.2 Å². The van der Waals surface area contributed by atoms with Crippen molar-refractivity contribution in [3.8, 4) is 0 Å². The Morgan fingerprint density at radius 1 is 1.38 bits per heavy atom. The Balaban J connectivity index is 2.40. The van der Waals surface area contributed by atoms with Gasteiger partial charge in [0.15, 0.2) is 0 Å². The zero-order valence-electron chi connectivity index (χ0n) is 11.6. The molecule has 1 heterocycles. The maximum Gasteiger partial charge on any atom is 0.406 e. The number of amides is 1. The smallest absolute Gasteiger partial charge is 0.397 e. The first-order valence-electron chi connectivity index (χ1n) is 6.37. The number of carbonyl (C=O) groups is 1. The monoisotopic (exact) mass is 316 g/mol. The fourth-order valence-corrected chi connectivity index (χ4v) is 3.15. The molecule has 0 unspecified atom stereocenters. The molecule has 1 aromatic carbocycles. The van der Waals surface area contributed by atoms with E-state index in [1.807, 2.05) is 25.1 Å². The van der Waals surface area contributed by atoms with E-state index in [0.717, 1.165) is 26.5 Å². The van der Waals surface area contributed by atoms with Gasteiger partial charge in [0.1, 0.15) is 11.4 Å². The summed E-state index contributed by atoms with van der Waals surface area (Å²) < 4.78 is 38.3. The van der Waals surface area contributed by atoms with Crippen LogP contribution in [0.3, 0.4) is 0 Å². The van der Waals surface area contributed by atoms with Crippen LogP contribution in [-0.4, -0.2) is 30.1 Å². The third-order valence-corrected chi connectivity index (χ3v) is 4.29. The lowest BCUT2D eigenvalue weighted by Gasteiger charge is -2.21. The van der Waals surface area contributed by atoms with Crippen LogP contribution in [0.15, 0.2) is 18.2 Å². The zero-order valence-corrected chi connectivity index (χ0v) is 12.4. The summed E-state index contributed by atoms with van der Waals surface area (Å²) in [5, 5.41) is 0.714. The van der Waals surface area contributed by atoms with Crippen molar-refractivity contribution in [3.05, 3.63) is 28.6 Å². The van der Waals surface area contributed by atoms with Gasteiger partial charge in [-0.1, -0.05) is 11.6 Å². The molecule has 3 nitrogen and oxygen atoms in total. The number of hydrogen-bond acceptors (Lipinski definition) is 3. The number of halogens is 3. The molecule has 0 saturated carbocycles. The normalized spacial score (nSPS) is 11.9. The number of nitrogen functional groups attached to an aromatic ring is 1. The Bertz CT molecular complexity index is 679. The highest BCUT2D eigenvalue weighted by molar-refractivity contribution is 7.21. The Labute approximate surface area is 124 Å². The lowest BCUT2D eigenvalue weighted by molar-refractivity contribution is -0.140. The molecule has 114 valence electrons. The number of alkyl halides is 3. The summed E-state index contributed by atoms with van der Waals surface area (Å²) in [4.78, 5) is 13.2. The number of rotatable bonds is 3. The second-order valence-electron chi connectivity index (χ2n) is 4.78. The summed E-state index contributed by atoms with van der Waals surface area (Å²) in [5.41, 5.74) is 7.18. The SMILES string of the molecule is CCN(CC(F)(F)F)C(=O)c1sc2ccc(C)cc2c1N. The number of nitrogens with zero attached hydrogens (tertiary/aromatic N) is 1. The quantitative estimate of drug-likeness (QED) is 0.936. The number of fused-ring (bicyclic) bond motifs is 1. The van der Waals surface area contributed by atoms with Gasteiger partial charge in [-0.2, -0.15) is 13.2 Å². The molecule has 0 spiro atoms. The number of hydrogen-bond donors (Lipinski definition) is 1. The lowest BCUT2D eigenvalue weighted by atomic mass is 10.1. The molecule has 21 heavy (non-hydrogen) atoms. The first-order valence-corrected chi connectivity index (χ1v) is 7.19. The Morgan fingerprint density at radius 3 is 2.62 bits per heavy atom. The Hall–Kier alpha value is -1.76. The van der Waals surface area contributed by atoms with E-state index in [1.165, 1.54) is 6.92 Å². The minimum atomic E-state index is -4.42. The van der Waals surface area contributed by atoms with Crippen molar-refractivity contribution < 1.29 is 18.0 Å². The summed E-state index contributed by atoms with van der Waals surface area (Å²) in [6, 6.07) is 5.53.